The number of amides is 1. The van der Waals surface area contributed by atoms with Crippen molar-refractivity contribution in [1.29, 1.82) is 0 Å². The monoisotopic (exact) mass is 341 g/mol. The van der Waals surface area contributed by atoms with Gasteiger partial charge in [0.2, 0.25) is 0 Å². The third kappa shape index (κ3) is 4.19. The second kappa shape index (κ2) is 7.86. The highest BCUT2D eigenvalue weighted by molar-refractivity contribution is 7.98. The van der Waals surface area contributed by atoms with Crippen molar-refractivity contribution in [2.75, 3.05) is 26.4 Å². The number of rotatable bonds is 5. The van der Waals surface area contributed by atoms with E-state index < -0.39 is 0 Å². The average molecular weight is 342 g/mol. The van der Waals surface area contributed by atoms with E-state index in [1.54, 1.807) is 11.8 Å². The molecule has 1 aliphatic rings. The highest BCUT2D eigenvalue weighted by atomic mass is 32.2. The van der Waals surface area contributed by atoms with Gasteiger partial charge in [0.25, 0.3) is 5.91 Å². The van der Waals surface area contributed by atoms with E-state index in [0.29, 0.717) is 13.1 Å². The lowest BCUT2D eigenvalue weighted by Gasteiger charge is -2.27. The van der Waals surface area contributed by atoms with E-state index in [9.17, 15) is 4.79 Å². The van der Waals surface area contributed by atoms with Crippen molar-refractivity contribution in [2.45, 2.75) is 24.4 Å². The van der Waals surface area contributed by atoms with Crippen molar-refractivity contribution in [2.24, 2.45) is 0 Å². The largest absolute Gasteiger partial charge is 0.337 e. The number of benzene rings is 2. The number of nitrogens with zero attached hydrogens (tertiary/aromatic N) is 1. The van der Waals surface area contributed by atoms with Gasteiger partial charge >= 0.3 is 0 Å². The molecule has 0 saturated heterocycles. The molecular weight excluding hydrogens is 316 g/mol. The van der Waals surface area contributed by atoms with Crippen LogP contribution in [0.3, 0.4) is 0 Å². The zero-order chi connectivity index (χ0) is 16.9. The van der Waals surface area contributed by atoms with E-state index in [-0.39, 0.29) is 5.91 Å². The maximum absolute atomic E-state index is 12.6. The molecule has 1 N–H and O–H groups in total. The molecule has 0 saturated carbocycles. The molecule has 1 amide bonds. The van der Waals surface area contributed by atoms with Gasteiger partial charge in [-0.25, -0.2) is 0 Å². The number of nitrogens with one attached hydrogen (secondary N) is 1. The van der Waals surface area contributed by atoms with E-state index in [1.807, 2.05) is 11.9 Å². The Labute approximate surface area is 148 Å². The number of carbonyl (C=O) groups excluding carboxylic acids is 1. The van der Waals surface area contributed by atoms with Gasteiger partial charge in [0.1, 0.15) is 6.54 Å². The summed E-state index contributed by atoms with van der Waals surface area (Å²) in [5, 5.41) is 0. The maximum Gasteiger partial charge on any atom is 0.277 e. The lowest BCUT2D eigenvalue weighted by molar-refractivity contribution is -0.908. The third-order valence-corrected chi connectivity index (χ3v) is 5.46. The van der Waals surface area contributed by atoms with Gasteiger partial charge in [-0.1, -0.05) is 36.4 Å². The van der Waals surface area contributed by atoms with Gasteiger partial charge in [-0.05, 0) is 29.5 Å². The Morgan fingerprint density at radius 1 is 1.12 bits per heavy atom. The molecule has 1 unspecified atom stereocenters. The van der Waals surface area contributed by atoms with Crippen LogP contribution in [0.15, 0.2) is 53.4 Å². The molecule has 2 aromatic carbocycles. The Hall–Kier alpha value is -1.78. The molecule has 2 aromatic rings. The van der Waals surface area contributed by atoms with Crippen molar-refractivity contribution >= 4 is 17.7 Å². The Bertz CT molecular complexity index is 699. The molecule has 0 fully saturated rings. The van der Waals surface area contributed by atoms with E-state index in [2.05, 4.69) is 54.8 Å². The summed E-state index contributed by atoms with van der Waals surface area (Å²) in [6.45, 7) is 3.25. The van der Waals surface area contributed by atoms with Crippen LogP contribution in [0.5, 0.6) is 0 Å². The quantitative estimate of drug-likeness (QED) is 0.842. The van der Waals surface area contributed by atoms with Crippen LogP contribution in [0.2, 0.25) is 0 Å². The second-order valence-electron chi connectivity index (χ2n) is 6.47. The molecule has 0 spiro atoms. The fraction of sp³-hybridized carbons (Fsp3) is 0.350. The Morgan fingerprint density at radius 3 is 2.54 bits per heavy atom. The fourth-order valence-corrected chi connectivity index (χ4v) is 3.64. The summed E-state index contributed by atoms with van der Waals surface area (Å²) in [6.07, 6.45) is 3.14. The molecule has 3 rings (SSSR count). The lowest BCUT2D eigenvalue weighted by atomic mass is 10.00. The highest BCUT2D eigenvalue weighted by Gasteiger charge is 2.23. The molecular formula is C20H25N2OS+. The summed E-state index contributed by atoms with van der Waals surface area (Å²) in [5.74, 6) is 0.221. The van der Waals surface area contributed by atoms with E-state index in [4.69, 9.17) is 0 Å². The number of fused-ring (bicyclic) bond motifs is 1. The van der Waals surface area contributed by atoms with Gasteiger partial charge in [-0.3, -0.25) is 4.79 Å². The van der Waals surface area contributed by atoms with Gasteiger partial charge in [-0.2, -0.15) is 0 Å². The number of hydrogen-bond donors (Lipinski definition) is 1. The van der Waals surface area contributed by atoms with Crippen LogP contribution in [-0.4, -0.2) is 37.2 Å². The van der Waals surface area contributed by atoms with Crippen LogP contribution in [0.1, 0.15) is 16.7 Å². The predicted octanol–water partition coefficient (Wildman–Crippen LogP) is 2.01. The molecule has 4 heteroatoms. The van der Waals surface area contributed by atoms with Crippen LogP contribution in [0, 0.1) is 0 Å². The third-order valence-electron chi connectivity index (χ3n) is 4.71. The van der Waals surface area contributed by atoms with Gasteiger partial charge in [-0.15, -0.1) is 11.8 Å². The Balaban J connectivity index is 1.54. The molecule has 3 nitrogen and oxygen atoms in total. The van der Waals surface area contributed by atoms with Crippen molar-refractivity contribution < 1.29 is 9.69 Å². The minimum absolute atomic E-state index is 0.221. The molecule has 24 heavy (non-hydrogen) atoms. The van der Waals surface area contributed by atoms with Crippen molar-refractivity contribution in [1.82, 2.24) is 4.90 Å². The summed E-state index contributed by atoms with van der Waals surface area (Å²) < 4.78 is 0. The van der Waals surface area contributed by atoms with Crippen LogP contribution in [-0.2, 0) is 24.3 Å². The zero-order valence-electron chi connectivity index (χ0n) is 14.4. The summed E-state index contributed by atoms with van der Waals surface area (Å²) in [5.41, 5.74) is 4.01. The van der Waals surface area contributed by atoms with Crippen LogP contribution in [0.4, 0.5) is 0 Å². The van der Waals surface area contributed by atoms with Crippen LogP contribution < -0.4 is 4.90 Å². The van der Waals surface area contributed by atoms with Crippen LogP contribution in [0.25, 0.3) is 0 Å². The lowest BCUT2D eigenvalue weighted by Crippen LogP contribution is -3.12. The minimum atomic E-state index is 0.221. The molecule has 0 aromatic heterocycles. The molecule has 1 heterocycles. The van der Waals surface area contributed by atoms with E-state index in [1.165, 1.54) is 26.5 Å². The predicted molar refractivity (Wildman–Crippen MR) is 99.2 cm³/mol. The minimum Gasteiger partial charge on any atom is -0.337 e. The normalized spacial score (nSPS) is 16.5. The Kier molecular flexibility index (Phi) is 5.59. The van der Waals surface area contributed by atoms with Gasteiger partial charge in [0.15, 0.2) is 6.54 Å². The first kappa shape index (κ1) is 17.1. The van der Waals surface area contributed by atoms with Crippen molar-refractivity contribution in [3.63, 3.8) is 0 Å². The molecule has 0 radical (unpaired) electrons. The van der Waals surface area contributed by atoms with Crippen molar-refractivity contribution in [3.05, 3.63) is 65.2 Å². The van der Waals surface area contributed by atoms with Gasteiger partial charge < -0.3 is 9.80 Å². The summed E-state index contributed by atoms with van der Waals surface area (Å²) in [4.78, 5) is 17.0. The standard InChI is InChI=1S/C20H24N2OS/c1-21(13-16-7-9-19(24-2)10-8-16)20(23)15-22-12-11-17-5-3-4-6-18(17)14-22/h3-10H,11-15H2,1-2H3/p+1. The number of carbonyl (C=O) groups is 1. The summed E-state index contributed by atoms with van der Waals surface area (Å²) in [7, 11) is 1.90. The second-order valence-corrected chi connectivity index (χ2v) is 7.35. The molecule has 126 valence electrons. The first-order valence-electron chi connectivity index (χ1n) is 8.43. The number of hydrogen-bond acceptors (Lipinski definition) is 2. The zero-order valence-corrected chi connectivity index (χ0v) is 15.2. The smallest absolute Gasteiger partial charge is 0.277 e. The molecule has 1 aliphatic heterocycles. The Morgan fingerprint density at radius 2 is 1.83 bits per heavy atom. The van der Waals surface area contributed by atoms with Gasteiger partial charge in [0, 0.05) is 30.5 Å². The number of quaternary nitrogens is 1. The van der Waals surface area contributed by atoms with Crippen LogP contribution >= 0.6 is 11.8 Å². The van der Waals surface area contributed by atoms with E-state index in [0.717, 1.165) is 19.5 Å². The molecule has 0 bridgehead atoms. The fourth-order valence-electron chi connectivity index (χ4n) is 3.24. The first-order valence-corrected chi connectivity index (χ1v) is 9.65. The number of likely N-dealkylation sites (N-methyl/N-ethyl adjacent to an activating group) is 1. The van der Waals surface area contributed by atoms with Gasteiger partial charge in [0.05, 0.1) is 6.54 Å². The first-order chi connectivity index (χ1) is 11.7. The molecule has 1 atom stereocenters. The summed E-state index contributed by atoms with van der Waals surface area (Å²) in [6, 6.07) is 17.0. The number of thioether (sulfide) groups is 1. The molecule has 0 aliphatic carbocycles. The summed E-state index contributed by atoms with van der Waals surface area (Å²) >= 11 is 1.74. The average Bonchev–Trinajstić information content (AvgIpc) is 2.62. The highest BCUT2D eigenvalue weighted by Crippen LogP contribution is 2.15. The maximum atomic E-state index is 12.6. The van der Waals surface area contributed by atoms with E-state index >= 15 is 0 Å². The SMILES string of the molecule is CSc1ccc(CN(C)C(=O)C[NH+]2CCc3ccccc3C2)cc1. The van der Waals surface area contributed by atoms with Crippen molar-refractivity contribution in [3.8, 4) is 0 Å². The topological polar surface area (TPSA) is 24.8 Å².